The van der Waals surface area contributed by atoms with Gasteiger partial charge in [0.05, 0.1) is 0 Å². The standard InChI is InChI=1S/C16H24/c1-3-4-5-6-8-14-11-13(2)16-10-7-9-15(16)12-14/h11-12H,3-10H2,1-2H3. The van der Waals surface area contributed by atoms with Crippen LogP contribution in [-0.4, -0.2) is 0 Å². The van der Waals surface area contributed by atoms with Gasteiger partial charge in [0.15, 0.2) is 0 Å². The van der Waals surface area contributed by atoms with Gasteiger partial charge in [-0.25, -0.2) is 0 Å². The molecule has 0 heterocycles. The van der Waals surface area contributed by atoms with E-state index < -0.39 is 0 Å². The van der Waals surface area contributed by atoms with Gasteiger partial charge in [0, 0.05) is 0 Å². The fourth-order valence-electron chi connectivity index (χ4n) is 2.91. The molecule has 0 amide bonds. The van der Waals surface area contributed by atoms with Crippen molar-refractivity contribution in [3.05, 3.63) is 34.4 Å². The molecule has 0 aliphatic heterocycles. The second kappa shape index (κ2) is 5.52. The molecule has 1 aliphatic carbocycles. The molecule has 0 fully saturated rings. The van der Waals surface area contributed by atoms with Crippen LogP contribution in [0.1, 0.15) is 61.3 Å². The predicted molar refractivity (Wildman–Crippen MR) is 71.1 cm³/mol. The quantitative estimate of drug-likeness (QED) is 0.631. The van der Waals surface area contributed by atoms with E-state index in [-0.39, 0.29) is 0 Å². The summed E-state index contributed by atoms with van der Waals surface area (Å²) in [6.45, 7) is 4.57. The van der Waals surface area contributed by atoms with E-state index >= 15 is 0 Å². The normalized spacial score (nSPS) is 14.1. The molecule has 16 heavy (non-hydrogen) atoms. The maximum absolute atomic E-state index is 2.47. The first-order valence-corrected chi connectivity index (χ1v) is 6.92. The number of benzene rings is 1. The van der Waals surface area contributed by atoms with Crippen LogP contribution in [0.4, 0.5) is 0 Å². The molecule has 0 radical (unpaired) electrons. The van der Waals surface area contributed by atoms with Gasteiger partial charge >= 0.3 is 0 Å². The van der Waals surface area contributed by atoms with Crippen molar-refractivity contribution in [3.63, 3.8) is 0 Å². The van der Waals surface area contributed by atoms with Gasteiger partial charge < -0.3 is 0 Å². The average Bonchev–Trinajstić information content (AvgIpc) is 2.73. The fourth-order valence-corrected chi connectivity index (χ4v) is 2.91. The van der Waals surface area contributed by atoms with E-state index in [1.165, 1.54) is 51.4 Å². The van der Waals surface area contributed by atoms with Crippen LogP contribution in [-0.2, 0) is 19.3 Å². The van der Waals surface area contributed by atoms with Gasteiger partial charge in [0.2, 0.25) is 0 Å². The molecular formula is C16H24. The molecule has 0 unspecified atom stereocenters. The first kappa shape index (κ1) is 11.7. The van der Waals surface area contributed by atoms with E-state index in [1.807, 2.05) is 0 Å². The highest BCUT2D eigenvalue weighted by Crippen LogP contribution is 2.27. The molecule has 0 atom stereocenters. The summed E-state index contributed by atoms with van der Waals surface area (Å²) in [6, 6.07) is 4.90. The van der Waals surface area contributed by atoms with Crippen LogP contribution in [0.2, 0.25) is 0 Å². The molecule has 1 aliphatic rings. The largest absolute Gasteiger partial charge is 0.0654 e. The summed E-state index contributed by atoms with van der Waals surface area (Å²) in [6.07, 6.45) is 10.8. The maximum Gasteiger partial charge on any atom is -0.0270 e. The number of hydrogen-bond acceptors (Lipinski definition) is 0. The molecule has 0 bridgehead atoms. The summed E-state index contributed by atoms with van der Waals surface area (Å²) in [7, 11) is 0. The van der Waals surface area contributed by atoms with Gasteiger partial charge in [-0.1, -0.05) is 38.3 Å². The van der Waals surface area contributed by atoms with Gasteiger partial charge in [-0.05, 0) is 61.3 Å². The Labute approximate surface area is 100 Å². The van der Waals surface area contributed by atoms with Crippen LogP contribution in [0, 0.1) is 6.92 Å². The van der Waals surface area contributed by atoms with E-state index in [0.29, 0.717) is 0 Å². The van der Waals surface area contributed by atoms with Gasteiger partial charge in [0.25, 0.3) is 0 Å². The SMILES string of the molecule is CCCCCCc1cc(C)c2c(c1)CCC2. The van der Waals surface area contributed by atoms with Crippen LogP contribution in [0.3, 0.4) is 0 Å². The first-order valence-electron chi connectivity index (χ1n) is 6.92. The Hall–Kier alpha value is -0.780. The van der Waals surface area contributed by atoms with Crippen LogP contribution < -0.4 is 0 Å². The minimum absolute atomic E-state index is 1.29. The summed E-state index contributed by atoms with van der Waals surface area (Å²) in [5.74, 6) is 0. The van der Waals surface area contributed by atoms with Crippen LogP contribution in [0.25, 0.3) is 0 Å². The van der Waals surface area contributed by atoms with Crippen molar-refractivity contribution < 1.29 is 0 Å². The highest BCUT2D eigenvalue weighted by molar-refractivity contribution is 5.41. The second-order valence-electron chi connectivity index (χ2n) is 5.21. The zero-order chi connectivity index (χ0) is 11.4. The lowest BCUT2D eigenvalue weighted by Gasteiger charge is -2.08. The van der Waals surface area contributed by atoms with Gasteiger partial charge in [-0.15, -0.1) is 0 Å². The van der Waals surface area contributed by atoms with E-state index in [4.69, 9.17) is 0 Å². The third-order valence-corrected chi connectivity index (χ3v) is 3.82. The molecule has 1 aromatic rings. The Morgan fingerprint density at radius 1 is 1.06 bits per heavy atom. The Morgan fingerprint density at radius 2 is 1.94 bits per heavy atom. The summed E-state index contributed by atoms with van der Waals surface area (Å²) in [5.41, 5.74) is 6.41. The highest BCUT2D eigenvalue weighted by Gasteiger charge is 2.13. The number of aryl methyl sites for hydroxylation is 3. The van der Waals surface area contributed by atoms with Crippen molar-refractivity contribution in [1.29, 1.82) is 0 Å². The van der Waals surface area contributed by atoms with Crippen molar-refractivity contribution >= 4 is 0 Å². The second-order valence-corrected chi connectivity index (χ2v) is 5.21. The predicted octanol–water partition coefficient (Wildman–Crippen LogP) is 4.61. The third-order valence-electron chi connectivity index (χ3n) is 3.82. The highest BCUT2D eigenvalue weighted by atomic mass is 14.2. The van der Waals surface area contributed by atoms with E-state index in [9.17, 15) is 0 Å². The lowest BCUT2D eigenvalue weighted by atomic mass is 9.97. The van der Waals surface area contributed by atoms with Gasteiger partial charge in [-0.2, -0.15) is 0 Å². The van der Waals surface area contributed by atoms with Gasteiger partial charge in [0.1, 0.15) is 0 Å². The first-order chi connectivity index (χ1) is 7.81. The molecule has 0 nitrogen and oxygen atoms in total. The third kappa shape index (κ3) is 2.66. The smallest absolute Gasteiger partial charge is 0.0270 e. The van der Waals surface area contributed by atoms with Crippen LogP contribution >= 0.6 is 0 Å². The summed E-state index contributed by atoms with van der Waals surface area (Å²) < 4.78 is 0. The zero-order valence-corrected chi connectivity index (χ0v) is 10.8. The number of fused-ring (bicyclic) bond motifs is 1. The summed E-state index contributed by atoms with van der Waals surface area (Å²) >= 11 is 0. The maximum atomic E-state index is 2.47. The van der Waals surface area contributed by atoms with Crippen molar-refractivity contribution in [1.82, 2.24) is 0 Å². The molecule has 0 aromatic heterocycles. The number of hydrogen-bond donors (Lipinski definition) is 0. The number of rotatable bonds is 5. The monoisotopic (exact) mass is 216 g/mol. The number of unbranched alkanes of at least 4 members (excludes halogenated alkanes) is 3. The minimum atomic E-state index is 1.29. The molecular weight excluding hydrogens is 192 g/mol. The summed E-state index contributed by atoms with van der Waals surface area (Å²) in [5, 5.41) is 0. The summed E-state index contributed by atoms with van der Waals surface area (Å²) in [4.78, 5) is 0. The van der Waals surface area contributed by atoms with Crippen molar-refractivity contribution in [2.75, 3.05) is 0 Å². The molecule has 1 aromatic carbocycles. The molecule has 0 spiro atoms. The Bertz CT molecular complexity index is 349. The van der Waals surface area contributed by atoms with Crippen molar-refractivity contribution in [3.8, 4) is 0 Å². The zero-order valence-electron chi connectivity index (χ0n) is 10.8. The van der Waals surface area contributed by atoms with Crippen molar-refractivity contribution in [2.45, 2.75) is 65.2 Å². The Kier molecular flexibility index (Phi) is 4.04. The molecule has 0 N–H and O–H groups in total. The lowest BCUT2D eigenvalue weighted by molar-refractivity contribution is 0.666. The van der Waals surface area contributed by atoms with Crippen LogP contribution in [0.5, 0.6) is 0 Å². The average molecular weight is 216 g/mol. The topological polar surface area (TPSA) is 0 Å². The molecule has 0 heteroatoms. The van der Waals surface area contributed by atoms with Crippen molar-refractivity contribution in [2.24, 2.45) is 0 Å². The lowest BCUT2D eigenvalue weighted by Crippen LogP contribution is -1.93. The fraction of sp³-hybridized carbons (Fsp3) is 0.625. The van der Waals surface area contributed by atoms with E-state index in [0.717, 1.165) is 0 Å². The van der Waals surface area contributed by atoms with E-state index in [1.54, 1.807) is 22.3 Å². The molecule has 88 valence electrons. The van der Waals surface area contributed by atoms with E-state index in [2.05, 4.69) is 26.0 Å². The molecule has 2 rings (SSSR count). The Morgan fingerprint density at radius 3 is 2.75 bits per heavy atom. The minimum Gasteiger partial charge on any atom is -0.0654 e. The molecule has 0 saturated carbocycles. The van der Waals surface area contributed by atoms with Crippen LogP contribution in [0.15, 0.2) is 12.1 Å². The molecule has 0 saturated heterocycles. The van der Waals surface area contributed by atoms with Gasteiger partial charge in [-0.3, -0.25) is 0 Å². The Balaban J connectivity index is 1.97.